The Bertz CT molecular complexity index is 934. The van der Waals surface area contributed by atoms with E-state index in [9.17, 15) is 4.79 Å². The molecule has 0 aliphatic heterocycles. The summed E-state index contributed by atoms with van der Waals surface area (Å²) in [5, 5.41) is 3.01. The van der Waals surface area contributed by atoms with Gasteiger partial charge in [-0.25, -0.2) is 4.98 Å². The van der Waals surface area contributed by atoms with Crippen molar-refractivity contribution in [2.24, 2.45) is 0 Å². The van der Waals surface area contributed by atoms with Crippen LogP contribution in [0.25, 0.3) is 5.65 Å². The number of hydrogen-bond donors (Lipinski definition) is 1. The van der Waals surface area contributed by atoms with E-state index in [4.69, 9.17) is 4.74 Å². The zero-order valence-electron chi connectivity index (χ0n) is 14.5. The molecule has 3 aromatic rings. The zero-order valence-corrected chi connectivity index (χ0v) is 16.6. The molecule has 0 bridgehead atoms. The summed E-state index contributed by atoms with van der Waals surface area (Å²) in [5.41, 5.74) is 3.82. The largest absolute Gasteiger partial charge is 0.490 e. The van der Waals surface area contributed by atoms with Crippen LogP contribution in [-0.4, -0.2) is 21.9 Å². The minimum absolute atomic E-state index is 0.165. The van der Waals surface area contributed by atoms with Crippen LogP contribution in [0.4, 0.5) is 5.69 Å². The van der Waals surface area contributed by atoms with Crippen LogP contribution in [0, 0.1) is 10.5 Å². The minimum Gasteiger partial charge on any atom is -0.490 e. The van der Waals surface area contributed by atoms with Gasteiger partial charge in [0.1, 0.15) is 5.69 Å². The number of amides is 1. The number of nitrogens with zero attached hydrogens (tertiary/aromatic N) is 2. The summed E-state index contributed by atoms with van der Waals surface area (Å²) in [4.78, 5) is 17.6. The number of benzene rings is 1. The molecule has 25 heavy (non-hydrogen) atoms. The number of imidazole rings is 1. The highest BCUT2D eigenvalue weighted by atomic mass is 127. The van der Waals surface area contributed by atoms with Crippen LogP contribution in [0.3, 0.4) is 0 Å². The van der Waals surface area contributed by atoms with Gasteiger partial charge in [0.25, 0.3) is 5.91 Å². The Morgan fingerprint density at radius 3 is 2.80 bits per heavy atom. The van der Waals surface area contributed by atoms with Crippen LogP contribution in [0.15, 0.2) is 36.5 Å². The molecular weight excluding hydrogens is 429 g/mol. The summed E-state index contributed by atoms with van der Waals surface area (Å²) in [7, 11) is 0. The van der Waals surface area contributed by atoms with E-state index in [0.717, 1.165) is 20.5 Å². The van der Waals surface area contributed by atoms with Crippen molar-refractivity contribution in [3.8, 4) is 5.75 Å². The lowest BCUT2D eigenvalue weighted by Gasteiger charge is -2.10. The van der Waals surface area contributed by atoms with E-state index in [1.165, 1.54) is 0 Å². The van der Waals surface area contributed by atoms with E-state index >= 15 is 0 Å². The van der Waals surface area contributed by atoms with E-state index in [0.29, 0.717) is 30.1 Å². The number of carbonyl (C=O) groups excluding carboxylic acids is 1. The van der Waals surface area contributed by atoms with E-state index in [1.54, 1.807) is 4.40 Å². The van der Waals surface area contributed by atoms with Gasteiger partial charge in [0.2, 0.25) is 0 Å². The SMILES string of the molecule is CCOc1cccn2c(C(=O)Nc3ccc(I)cc3C)c(CC)nc12. The number of pyridine rings is 1. The van der Waals surface area contributed by atoms with Crippen molar-refractivity contribution in [1.82, 2.24) is 9.38 Å². The van der Waals surface area contributed by atoms with E-state index < -0.39 is 0 Å². The Balaban J connectivity index is 2.04. The third-order valence-electron chi connectivity index (χ3n) is 3.97. The van der Waals surface area contributed by atoms with Gasteiger partial charge in [-0.1, -0.05) is 6.92 Å². The third-order valence-corrected chi connectivity index (χ3v) is 4.64. The molecule has 1 amide bonds. The van der Waals surface area contributed by atoms with Gasteiger partial charge < -0.3 is 10.1 Å². The molecule has 1 aromatic carbocycles. The van der Waals surface area contributed by atoms with Crippen molar-refractivity contribution in [2.45, 2.75) is 27.2 Å². The molecule has 1 N–H and O–H groups in total. The average Bonchev–Trinajstić information content (AvgIpc) is 2.97. The van der Waals surface area contributed by atoms with E-state index in [1.807, 2.05) is 57.3 Å². The first kappa shape index (κ1) is 17.7. The number of nitrogens with one attached hydrogen (secondary N) is 1. The maximum absolute atomic E-state index is 13.0. The molecule has 0 saturated carbocycles. The minimum atomic E-state index is -0.165. The van der Waals surface area contributed by atoms with Crippen molar-refractivity contribution < 1.29 is 9.53 Å². The molecule has 0 atom stereocenters. The van der Waals surface area contributed by atoms with Gasteiger partial charge in [-0.05, 0) is 78.8 Å². The lowest BCUT2D eigenvalue weighted by molar-refractivity contribution is 0.102. The second-order valence-corrected chi connectivity index (χ2v) is 6.92. The molecule has 0 aliphatic carbocycles. The highest BCUT2D eigenvalue weighted by Crippen LogP contribution is 2.24. The number of ether oxygens (including phenoxy) is 1. The standard InChI is InChI=1S/C19H20IN3O2/c1-4-14-17(19(24)22-15-9-8-13(20)11-12(15)3)23-10-6-7-16(25-5-2)18(23)21-14/h6-11H,4-5H2,1-3H3,(H,22,24). The Hall–Kier alpha value is -2.09. The molecule has 0 radical (unpaired) electrons. The smallest absolute Gasteiger partial charge is 0.274 e. The fraction of sp³-hybridized carbons (Fsp3) is 0.263. The molecule has 0 aliphatic rings. The van der Waals surface area contributed by atoms with Crippen LogP contribution in [0.1, 0.15) is 35.6 Å². The number of halogens is 1. The Morgan fingerprint density at radius 2 is 2.12 bits per heavy atom. The Morgan fingerprint density at radius 1 is 1.32 bits per heavy atom. The number of fused-ring (bicyclic) bond motifs is 1. The lowest BCUT2D eigenvalue weighted by Crippen LogP contribution is -2.17. The second-order valence-electron chi connectivity index (χ2n) is 5.67. The zero-order chi connectivity index (χ0) is 18.0. The quantitative estimate of drug-likeness (QED) is 0.586. The van der Waals surface area contributed by atoms with Crippen LogP contribution in [0.5, 0.6) is 5.75 Å². The number of rotatable bonds is 5. The summed E-state index contributed by atoms with van der Waals surface area (Å²) >= 11 is 2.26. The summed E-state index contributed by atoms with van der Waals surface area (Å²) in [6.07, 6.45) is 2.52. The number of aromatic nitrogens is 2. The Labute approximate surface area is 160 Å². The first-order chi connectivity index (χ1) is 12.0. The average molecular weight is 449 g/mol. The first-order valence-corrected chi connectivity index (χ1v) is 9.33. The predicted octanol–water partition coefficient (Wildman–Crippen LogP) is 4.46. The van der Waals surface area contributed by atoms with Crippen molar-refractivity contribution in [1.29, 1.82) is 0 Å². The van der Waals surface area contributed by atoms with Gasteiger partial charge in [0.05, 0.1) is 12.3 Å². The fourth-order valence-electron chi connectivity index (χ4n) is 2.79. The van der Waals surface area contributed by atoms with Gasteiger partial charge in [0.15, 0.2) is 11.4 Å². The molecule has 0 fully saturated rings. The molecule has 130 valence electrons. The van der Waals surface area contributed by atoms with E-state index in [2.05, 4.69) is 32.9 Å². The molecule has 6 heteroatoms. The fourth-order valence-corrected chi connectivity index (χ4v) is 3.44. The summed E-state index contributed by atoms with van der Waals surface area (Å²) in [6.45, 7) is 6.47. The van der Waals surface area contributed by atoms with Crippen molar-refractivity contribution >= 4 is 39.8 Å². The Kier molecular flexibility index (Phi) is 5.27. The van der Waals surface area contributed by atoms with Crippen molar-refractivity contribution in [3.63, 3.8) is 0 Å². The third kappa shape index (κ3) is 3.49. The van der Waals surface area contributed by atoms with E-state index in [-0.39, 0.29) is 5.91 Å². The number of anilines is 1. The summed E-state index contributed by atoms with van der Waals surface area (Å²) in [6, 6.07) is 9.68. The molecule has 0 unspecified atom stereocenters. The lowest BCUT2D eigenvalue weighted by atomic mass is 10.2. The molecule has 2 aromatic heterocycles. The van der Waals surface area contributed by atoms with Crippen LogP contribution < -0.4 is 10.1 Å². The van der Waals surface area contributed by atoms with Crippen LogP contribution >= 0.6 is 22.6 Å². The normalized spacial score (nSPS) is 10.9. The molecule has 0 saturated heterocycles. The monoisotopic (exact) mass is 449 g/mol. The highest BCUT2D eigenvalue weighted by molar-refractivity contribution is 14.1. The first-order valence-electron chi connectivity index (χ1n) is 8.25. The molecule has 0 spiro atoms. The van der Waals surface area contributed by atoms with Gasteiger partial charge in [-0.2, -0.15) is 0 Å². The molecule has 3 rings (SSSR count). The van der Waals surface area contributed by atoms with Gasteiger partial charge in [-0.3, -0.25) is 9.20 Å². The molecule has 5 nitrogen and oxygen atoms in total. The predicted molar refractivity (Wildman–Crippen MR) is 108 cm³/mol. The number of hydrogen-bond acceptors (Lipinski definition) is 3. The highest BCUT2D eigenvalue weighted by Gasteiger charge is 2.20. The molecule has 2 heterocycles. The van der Waals surface area contributed by atoms with Gasteiger partial charge >= 0.3 is 0 Å². The number of aryl methyl sites for hydroxylation is 2. The maximum Gasteiger partial charge on any atom is 0.274 e. The van der Waals surface area contributed by atoms with Gasteiger partial charge in [0, 0.05) is 15.5 Å². The molecular formula is C19H20IN3O2. The van der Waals surface area contributed by atoms with Gasteiger partial charge in [-0.15, -0.1) is 0 Å². The summed E-state index contributed by atoms with van der Waals surface area (Å²) < 4.78 is 8.59. The summed E-state index contributed by atoms with van der Waals surface area (Å²) in [5.74, 6) is 0.520. The van der Waals surface area contributed by atoms with Crippen LogP contribution in [-0.2, 0) is 6.42 Å². The van der Waals surface area contributed by atoms with Crippen molar-refractivity contribution in [3.05, 3.63) is 57.1 Å². The number of carbonyl (C=O) groups is 1. The van der Waals surface area contributed by atoms with Crippen molar-refractivity contribution in [2.75, 3.05) is 11.9 Å². The van der Waals surface area contributed by atoms with Crippen LogP contribution in [0.2, 0.25) is 0 Å². The maximum atomic E-state index is 13.0. The topological polar surface area (TPSA) is 55.6 Å². The second kappa shape index (κ2) is 7.43.